The molecule has 0 amide bonds. The Hall–Kier alpha value is -1.10. The van der Waals surface area contributed by atoms with E-state index in [2.05, 4.69) is 20.4 Å². The molecular weight excluding hydrogens is 192 g/mol. The molecule has 1 aromatic heterocycles. The van der Waals surface area contributed by atoms with Crippen LogP contribution in [0, 0.1) is 0 Å². The van der Waals surface area contributed by atoms with Gasteiger partial charge >= 0.3 is 6.01 Å². The minimum Gasteiger partial charge on any atom is -0.406 e. The number of nitrogens with one attached hydrogen (secondary N) is 1. The highest BCUT2D eigenvalue weighted by molar-refractivity contribution is 5.25. The van der Waals surface area contributed by atoms with Crippen molar-refractivity contribution in [3.05, 3.63) is 5.89 Å². The van der Waals surface area contributed by atoms with Crippen LogP contribution in [0.3, 0.4) is 0 Å². The van der Waals surface area contributed by atoms with Crippen molar-refractivity contribution in [3.8, 4) is 0 Å². The molecule has 1 unspecified atom stereocenters. The van der Waals surface area contributed by atoms with Gasteiger partial charge in [-0.05, 0) is 32.2 Å². The molecule has 3 heterocycles. The molecule has 0 spiro atoms. The minimum absolute atomic E-state index is 0.286. The molecule has 15 heavy (non-hydrogen) atoms. The van der Waals surface area contributed by atoms with Crippen LogP contribution in [0.4, 0.5) is 6.01 Å². The highest BCUT2D eigenvalue weighted by Gasteiger charge is 2.24. The molecular formula is C10H16N4O. The maximum Gasteiger partial charge on any atom is 0.318 e. The van der Waals surface area contributed by atoms with Crippen LogP contribution in [0.15, 0.2) is 4.42 Å². The zero-order valence-electron chi connectivity index (χ0n) is 8.78. The van der Waals surface area contributed by atoms with E-state index in [1.807, 2.05) is 0 Å². The van der Waals surface area contributed by atoms with E-state index in [9.17, 15) is 0 Å². The Morgan fingerprint density at radius 1 is 1.20 bits per heavy atom. The SMILES string of the molecule is C1CNC(c2nnc(N3CCCC3)o2)C1. The van der Waals surface area contributed by atoms with Gasteiger partial charge in [0.2, 0.25) is 5.89 Å². The van der Waals surface area contributed by atoms with Crippen LogP contribution >= 0.6 is 0 Å². The lowest BCUT2D eigenvalue weighted by atomic mass is 10.2. The molecule has 2 fully saturated rings. The fraction of sp³-hybridized carbons (Fsp3) is 0.800. The normalized spacial score (nSPS) is 26.4. The first-order valence-corrected chi connectivity index (χ1v) is 5.75. The van der Waals surface area contributed by atoms with Gasteiger partial charge in [-0.3, -0.25) is 0 Å². The van der Waals surface area contributed by atoms with E-state index in [0.29, 0.717) is 6.01 Å². The summed E-state index contributed by atoms with van der Waals surface area (Å²) in [7, 11) is 0. The summed E-state index contributed by atoms with van der Waals surface area (Å²) in [6.45, 7) is 3.17. The Labute approximate surface area is 88.9 Å². The maximum atomic E-state index is 5.69. The lowest BCUT2D eigenvalue weighted by Gasteiger charge is -2.10. The van der Waals surface area contributed by atoms with Gasteiger partial charge in [-0.25, -0.2) is 0 Å². The Balaban J connectivity index is 1.74. The quantitative estimate of drug-likeness (QED) is 0.788. The summed E-state index contributed by atoms with van der Waals surface area (Å²) >= 11 is 0. The molecule has 0 radical (unpaired) electrons. The third-order valence-corrected chi connectivity index (χ3v) is 3.16. The summed E-state index contributed by atoms with van der Waals surface area (Å²) in [5, 5.41) is 11.6. The summed E-state index contributed by atoms with van der Waals surface area (Å²) in [5.74, 6) is 0.759. The van der Waals surface area contributed by atoms with Crippen molar-refractivity contribution in [3.63, 3.8) is 0 Å². The Morgan fingerprint density at radius 2 is 2.07 bits per heavy atom. The van der Waals surface area contributed by atoms with E-state index in [1.54, 1.807) is 0 Å². The van der Waals surface area contributed by atoms with Crippen LogP contribution in [0.1, 0.15) is 37.6 Å². The first kappa shape index (κ1) is 9.15. The van der Waals surface area contributed by atoms with Crippen molar-refractivity contribution in [2.45, 2.75) is 31.7 Å². The van der Waals surface area contributed by atoms with Gasteiger partial charge in [0.15, 0.2) is 0 Å². The van der Waals surface area contributed by atoms with E-state index in [0.717, 1.165) is 31.9 Å². The van der Waals surface area contributed by atoms with Crippen molar-refractivity contribution in [2.24, 2.45) is 0 Å². The Bertz CT molecular complexity index is 295. The molecule has 5 nitrogen and oxygen atoms in total. The predicted octanol–water partition coefficient (Wildman–Crippen LogP) is 1.09. The molecule has 82 valence electrons. The van der Waals surface area contributed by atoms with E-state index < -0.39 is 0 Å². The van der Waals surface area contributed by atoms with Crippen LogP contribution in [0.2, 0.25) is 0 Å². The van der Waals surface area contributed by atoms with E-state index >= 15 is 0 Å². The molecule has 1 atom stereocenters. The van der Waals surface area contributed by atoms with Gasteiger partial charge in [-0.15, -0.1) is 5.10 Å². The van der Waals surface area contributed by atoms with Crippen molar-refractivity contribution >= 4 is 6.01 Å². The molecule has 0 saturated carbocycles. The average molecular weight is 208 g/mol. The first-order chi connectivity index (χ1) is 7.43. The van der Waals surface area contributed by atoms with Crippen LogP contribution in [0.25, 0.3) is 0 Å². The summed E-state index contributed by atoms with van der Waals surface area (Å²) in [4.78, 5) is 2.17. The van der Waals surface area contributed by atoms with Crippen molar-refractivity contribution in [2.75, 3.05) is 24.5 Å². The number of anilines is 1. The highest BCUT2D eigenvalue weighted by Crippen LogP contribution is 2.25. The molecule has 2 saturated heterocycles. The fourth-order valence-electron chi connectivity index (χ4n) is 2.30. The molecule has 2 aliphatic heterocycles. The monoisotopic (exact) mass is 208 g/mol. The molecule has 0 aliphatic carbocycles. The molecule has 0 bridgehead atoms. The third kappa shape index (κ3) is 1.71. The number of nitrogens with zero attached hydrogens (tertiary/aromatic N) is 3. The van der Waals surface area contributed by atoms with Crippen LogP contribution < -0.4 is 10.2 Å². The van der Waals surface area contributed by atoms with Gasteiger partial charge in [0.1, 0.15) is 0 Å². The second kappa shape index (κ2) is 3.81. The Kier molecular flexibility index (Phi) is 2.32. The standard InChI is InChI=1S/C10H16N4O/c1-2-7-14(6-1)10-13-12-9(15-10)8-4-3-5-11-8/h8,11H,1-7H2. The van der Waals surface area contributed by atoms with Crippen LogP contribution in [-0.4, -0.2) is 29.8 Å². The second-order valence-electron chi connectivity index (χ2n) is 4.27. The van der Waals surface area contributed by atoms with Gasteiger partial charge in [0.25, 0.3) is 0 Å². The second-order valence-corrected chi connectivity index (χ2v) is 4.27. The molecule has 2 aliphatic rings. The van der Waals surface area contributed by atoms with Gasteiger partial charge < -0.3 is 14.6 Å². The zero-order chi connectivity index (χ0) is 10.1. The van der Waals surface area contributed by atoms with Gasteiger partial charge in [-0.2, -0.15) is 0 Å². The van der Waals surface area contributed by atoms with E-state index in [1.165, 1.54) is 19.3 Å². The topological polar surface area (TPSA) is 54.2 Å². The lowest BCUT2D eigenvalue weighted by molar-refractivity contribution is 0.429. The van der Waals surface area contributed by atoms with E-state index in [4.69, 9.17) is 4.42 Å². The summed E-state index contributed by atoms with van der Waals surface area (Å²) in [6.07, 6.45) is 4.78. The van der Waals surface area contributed by atoms with Crippen LogP contribution in [-0.2, 0) is 0 Å². The first-order valence-electron chi connectivity index (χ1n) is 5.75. The summed E-state index contributed by atoms with van der Waals surface area (Å²) in [5.41, 5.74) is 0. The zero-order valence-corrected chi connectivity index (χ0v) is 8.78. The Morgan fingerprint density at radius 3 is 2.80 bits per heavy atom. The number of rotatable bonds is 2. The fourth-order valence-corrected chi connectivity index (χ4v) is 2.30. The molecule has 3 rings (SSSR count). The van der Waals surface area contributed by atoms with Crippen molar-refractivity contribution < 1.29 is 4.42 Å². The number of hydrogen-bond acceptors (Lipinski definition) is 5. The van der Waals surface area contributed by atoms with Crippen LogP contribution in [0.5, 0.6) is 0 Å². The van der Waals surface area contributed by atoms with Gasteiger partial charge in [0, 0.05) is 13.1 Å². The summed E-state index contributed by atoms with van der Waals surface area (Å²) in [6, 6.07) is 0.991. The molecule has 1 aromatic rings. The smallest absolute Gasteiger partial charge is 0.318 e. The third-order valence-electron chi connectivity index (χ3n) is 3.16. The van der Waals surface area contributed by atoms with Gasteiger partial charge in [-0.1, -0.05) is 5.10 Å². The largest absolute Gasteiger partial charge is 0.406 e. The van der Waals surface area contributed by atoms with Crippen molar-refractivity contribution in [1.82, 2.24) is 15.5 Å². The van der Waals surface area contributed by atoms with E-state index in [-0.39, 0.29) is 6.04 Å². The maximum absolute atomic E-state index is 5.69. The lowest BCUT2D eigenvalue weighted by Crippen LogP contribution is -2.17. The molecule has 0 aromatic carbocycles. The minimum atomic E-state index is 0.286. The highest BCUT2D eigenvalue weighted by atomic mass is 16.4. The number of hydrogen-bond donors (Lipinski definition) is 1. The summed E-state index contributed by atoms with van der Waals surface area (Å²) < 4.78 is 5.69. The molecule has 5 heteroatoms. The van der Waals surface area contributed by atoms with Crippen molar-refractivity contribution in [1.29, 1.82) is 0 Å². The molecule has 1 N–H and O–H groups in total. The predicted molar refractivity (Wildman–Crippen MR) is 55.7 cm³/mol. The number of aromatic nitrogens is 2. The average Bonchev–Trinajstić information content (AvgIpc) is 3.02. The van der Waals surface area contributed by atoms with Gasteiger partial charge in [0.05, 0.1) is 6.04 Å².